The number of fused-ring (bicyclic) bond motifs is 2. The summed E-state index contributed by atoms with van der Waals surface area (Å²) < 4.78 is 5.61. The highest BCUT2D eigenvalue weighted by Gasteiger charge is 2.51. The number of hydrogen-bond acceptors (Lipinski definition) is 2. The van der Waals surface area contributed by atoms with Gasteiger partial charge in [-0.1, -0.05) is 19.9 Å². The monoisotopic (exact) mass is 299 g/mol. The number of anilines is 1. The molecular formula is C17H21N3O2. The van der Waals surface area contributed by atoms with Gasteiger partial charge in [0.1, 0.15) is 0 Å². The Morgan fingerprint density at radius 2 is 2.23 bits per heavy atom. The maximum absolute atomic E-state index is 12.8. The van der Waals surface area contributed by atoms with Crippen LogP contribution in [0.1, 0.15) is 13.8 Å². The van der Waals surface area contributed by atoms with Gasteiger partial charge in [-0.2, -0.15) is 0 Å². The van der Waals surface area contributed by atoms with E-state index in [1.54, 1.807) is 0 Å². The number of urea groups is 1. The lowest BCUT2D eigenvalue weighted by Gasteiger charge is -2.24. The summed E-state index contributed by atoms with van der Waals surface area (Å²) in [6.45, 7) is 6.63. The SMILES string of the molecule is CC1(C)CN(C(=O)Nc2cccc3[nH]ccc23)[C@@H]2COC[C@@H]21. The minimum Gasteiger partial charge on any atom is -0.379 e. The molecule has 116 valence electrons. The van der Waals surface area contributed by atoms with E-state index < -0.39 is 0 Å². The zero-order valence-corrected chi connectivity index (χ0v) is 12.9. The van der Waals surface area contributed by atoms with Gasteiger partial charge in [0.05, 0.1) is 24.9 Å². The van der Waals surface area contributed by atoms with Crippen molar-refractivity contribution in [2.24, 2.45) is 11.3 Å². The summed E-state index contributed by atoms with van der Waals surface area (Å²) in [7, 11) is 0. The summed E-state index contributed by atoms with van der Waals surface area (Å²) in [5.74, 6) is 0.432. The first kappa shape index (κ1) is 13.6. The molecule has 2 saturated heterocycles. The summed E-state index contributed by atoms with van der Waals surface area (Å²) in [4.78, 5) is 17.9. The van der Waals surface area contributed by atoms with Gasteiger partial charge in [-0.15, -0.1) is 0 Å². The normalized spacial score (nSPS) is 26.4. The van der Waals surface area contributed by atoms with Crippen LogP contribution in [-0.2, 0) is 4.74 Å². The Morgan fingerprint density at radius 1 is 1.36 bits per heavy atom. The highest BCUT2D eigenvalue weighted by atomic mass is 16.5. The maximum atomic E-state index is 12.8. The van der Waals surface area contributed by atoms with Crippen molar-refractivity contribution in [2.75, 3.05) is 25.1 Å². The van der Waals surface area contributed by atoms with Crippen molar-refractivity contribution < 1.29 is 9.53 Å². The Bertz CT molecular complexity index is 722. The van der Waals surface area contributed by atoms with Crippen LogP contribution in [0.25, 0.3) is 10.9 Å². The summed E-state index contributed by atoms with van der Waals surface area (Å²) in [5.41, 5.74) is 1.99. The number of aromatic amines is 1. The molecule has 1 aromatic carbocycles. The number of aromatic nitrogens is 1. The van der Waals surface area contributed by atoms with E-state index in [9.17, 15) is 4.79 Å². The molecule has 4 rings (SSSR count). The third kappa shape index (κ3) is 2.00. The number of ether oxygens (including phenoxy) is 1. The van der Waals surface area contributed by atoms with E-state index in [-0.39, 0.29) is 17.5 Å². The number of H-pyrrole nitrogens is 1. The second-order valence-electron chi connectivity index (χ2n) is 7.00. The predicted molar refractivity (Wildman–Crippen MR) is 85.9 cm³/mol. The van der Waals surface area contributed by atoms with Crippen LogP contribution in [0.3, 0.4) is 0 Å². The zero-order valence-electron chi connectivity index (χ0n) is 12.9. The van der Waals surface area contributed by atoms with Crippen LogP contribution in [0.5, 0.6) is 0 Å². The number of nitrogens with one attached hydrogen (secondary N) is 2. The molecule has 2 aromatic rings. The molecule has 2 aliphatic heterocycles. The third-order valence-corrected chi connectivity index (χ3v) is 5.13. The molecule has 0 spiro atoms. The molecule has 2 N–H and O–H groups in total. The fourth-order valence-electron chi connectivity index (χ4n) is 3.87. The molecule has 3 heterocycles. The summed E-state index contributed by atoms with van der Waals surface area (Å²) >= 11 is 0. The molecule has 0 saturated carbocycles. The fourth-order valence-corrected chi connectivity index (χ4v) is 3.87. The van der Waals surface area contributed by atoms with Gasteiger partial charge in [0.15, 0.2) is 0 Å². The van der Waals surface area contributed by atoms with E-state index in [0.717, 1.165) is 29.7 Å². The first-order valence-corrected chi connectivity index (χ1v) is 7.78. The number of hydrogen-bond donors (Lipinski definition) is 2. The van der Waals surface area contributed by atoms with Gasteiger partial charge in [-0.25, -0.2) is 4.79 Å². The first-order chi connectivity index (χ1) is 10.6. The number of carbonyl (C=O) groups is 1. The Balaban J connectivity index is 1.59. The van der Waals surface area contributed by atoms with Gasteiger partial charge in [0.2, 0.25) is 0 Å². The lowest BCUT2D eigenvalue weighted by atomic mass is 9.80. The highest BCUT2D eigenvalue weighted by molar-refractivity contribution is 6.00. The summed E-state index contributed by atoms with van der Waals surface area (Å²) in [6, 6.07) is 8.05. The number of likely N-dealkylation sites (tertiary alicyclic amines) is 1. The smallest absolute Gasteiger partial charge is 0.322 e. The molecule has 0 unspecified atom stereocenters. The van der Waals surface area contributed by atoms with Crippen LogP contribution in [0.2, 0.25) is 0 Å². The van der Waals surface area contributed by atoms with Crippen molar-refractivity contribution in [2.45, 2.75) is 19.9 Å². The Labute approximate surface area is 129 Å². The van der Waals surface area contributed by atoms with Gasteiger partial charge in [-0.05, 0) is 23.6 Å². The van der Waals surface area contributed by atoms with E-state index in [4.69, 9.17) is 4.74 Å². The minimum absolute atomic E-state index is 0.0280. The number of amides is 2. The van der Waals surface area contributed by atoms with E-state index in [1.807, 2.05) is 35.4 Å². The van der Waals surface area contributed by atoms with Gasteiger partial charge in [0.25, 0.3) is 0 Å². The zero-order chi connectivity index (χ0) is 15.3. The van der Waals surface area contributed by atoms with Gasteiger partial charge < -0.3 is 19.9 Å². The van der Waals surface area contributed by atoms with Crippen LogP contribution >= 0.6 is 0 Å². The molecule has 5 nitrogen and oxygen atoms in total. The first-order valence-electron chi connectivity index (χ1n) is 7.78. The van der Waals surface area contributed by atoms with Crippen molar-refractivity contribution >= 4 is 22.6 Å². The highest BCUT2D eigenvalue weighted by Crippen LogP contribution is 2.43. The molecule has 2 amide bonds. The quantitative estimate of drug-likeness (QED) is 0.850. The Hall–Kier alpha value is -2.01. The van der Waals surface area contributed by atoms with E-state index in [2.05, 4.69) is 24.1 Å². The topological polar surface area (TPSA) is 57.4 Å². The number of rotatable bonds is 1. The number of benzene rings is 1. The van der Waals surface area contributed by atoms with Gasteiger partial charge in [0, 0.05) is 29.6 Å². The molecule has 22 heavy (non-hydrogen) atoms. The lowest BCUT2D eigenvalue weighted by Crippen LogP contribution is -2.41. The summed E-state index contributed by atoms with van der Waals surface area (Å²) in [6.07, 6.45) is 1.89. The van der Waals surface area contributed by atoms with Crippen molar-refractivity contribution in [3.05, 3.63) is 30.5 Å². The van der Waals surface area contributed by atoms with Crippen molar-refractivity contribution in [3.63, 3.8) is 0 Å². The van der Waals surface area contributed by atoms with E-state index in [0.29, 0.717) is 12.5 Å². The van der Waals surface area contributed by atoms with Crippen LogP contribution in [0.15, 0.2) is 30.5 Å². The van der Waals surface area contributed by atoms with Crippen LogP contribution in [-0.4, -0.2) is 41.7 Å². The summed E-state index contributed by atoms with van der Waals surface area (Å²) in [5, 5.41) is 4.11. The molecule has 2 aliphatic rings. The fraction of sp³-hybridized carbons (Fsp3) is 0.471. The maximum Gasteiger partial charge on any atom is 0.322 e. The molecule has 2 fully saturated rings. The largest absolute Gasteiger partial charge is 0.379 e. The van der Waals surface area contributed by atoms with Crippen molar-refractivity contribution in [1.29, 1.82) is 0 Å². The second-order valence-corrected chi connectivity index (χ2v) is 7.00. The lowest BCUT2D eigenvalue weighted by molar-refractivity contribution is 0.127. The van der Waals surface area contributed by atoms with Crippen molar-refractivity contribution in [1.82, 2.24) is 9.88 Å². The number of carbonyl (C=O) groups excluding carboxylic acids is 1. The third-order valence-electron chi connectivity index (χ3n) is 5.13. The number of nitrogens with zero attached hydrogens (tertiary/aromatic N) is 1. The van der Waals surface area contributed by atoms with Crippen LogP contribution in [0, 0.1) is 11.3 Å². The van der Waals surface area contributed by atoms with Crippen LogP contribution in [0.4, 0.5) is 10.5 Å². The van der Waals surface area contributed by atoms with Crippen LogP contribution < -0.4 is 5.32 Å². The van der Waals surface area contributed by atoms with E-state index >= 15 is 0 Å². The molecule has 5 heteroatoms. The molecule has 0 aliphatic carbocycles. The molecule has 1 aromatic heterocycles. The standard InChI is InChI=1S/C17H21N3O2/c1-17(2)10-20(15-9-22-8-12(15)17)16(21)19-14-5-3-4-13-11(14)6-7-18-13/h3-7,12,15,18H,8-10H2,1-2H3,(H,19,21)/t12-,15+/m0/s1. The molecule has 0 bridgehead atoms. The predicted octanol–water partition coefficient (Wildman–Crippen LogP) is 3.06. The second kappa shape index (κ2) is 4.74. The average molecular weight is 299 g/mol. The average Bonchev–Trinajstić information content (AvgIpc) is 3.17. The van der Waals surface area contributed by atoms with Crippen molar-refractivity contribution in [3.8, 4) is 0 Å². The van der Waals surface area contributed by atoms with E-state index in [1.165, 1.54) is 0 Å². The Morgan fingerprint density at radius 3 is 3.09 bits per heavy atom. The minimum atomic E-state index is -0.0280. The van der Waals surface area contributed by atoms with Gasteiger partial charge in [-0.3, -0.25) is 0 Å². The molecular weight excluding hydrogens is 278 g/mol. The molecule has 2 atom stereocenters. The Kier molecular flexibility index (Phi) is 2.94. The van der Waals surface area contributed by atoms with Gasteiger partial charge >= 0.3 is 6.03 Å². The molecule has 0 radical (unpaired) electrons.